The molecule has 0 aromatic heterocycles. The maximum Gasteiger partial charge on any atom is 0.219 e. The third kappa shape index (κ3) is 2.74. The standard InChI is InChI=1S/C12H22N2O2/c1-10(15)13-7-4-11(5-8-13)14-6-2-3-12(16)9-14/h11-12,16H,2-9H2,1H3/t12-/m0/s1. The predicted octanol–water partition coefficient (Wildman–Crippen LogP) is 0.454. The molecular weight excluding hydrogens is 204 g/mol. The van der Waals surface area contributed by atoms with E-state index in [1.54, 1.807) is 6.92 Å². The molecule has 1 amide bonds. The molecule has 0 aliphatic carbocycles. The third-order valence-electron chi connectivity index (χ3n) is 3.85. The van der Waals surface area contributed by atoms with Gasteiger partial charge in [0.2, 0.25) is 5.91 Å². The molecule has 2 fully saturated rings. The van der Waals surface area contributed by atoms with E-state index in [2.05, 4.69) is 4.90 Å². The Bertz CT molecular complexity index is 249. The van der Waals surface area contributed by atoms with Crippen molar-refractivity contribution in [3.63, 3.8) is 0 Å². The zero-order valence-electron chi connectivity index (χ0n) is 10.1. The van der Waals surface area contributed by atoms with Gasteiger partial charge in [-0.25, -0.2) is 0 Å². The third-order valence-corrected chi connectivity index (χ3v) is 3.85. The monoisotopic (exact) mass is 226 g/mol. The van der Waals surface area contributed by atoms with Crippen LogP contribution in [-0.4, -0.2) is 59.1 Å². The molecule has 4 heteroatoms. The van der Waals surface area contributed by atoms with E-state index in [0.29, 0.717) is 6.04 Å². The fraction of sp³-hybridized carbons (Fsp3) is 0.917. The zero-order chi connectivity index (χ0) is 11.5. The summed E-state index contributed by atoms with van der Waals surface area (Å²) in [5, 5.41) is 9.64. The number of hydrogen-bond acceptors (Lipinski definition) is 3. The minimum absolute atomic E-state index is 0.139. The lowest BCUT2D eigenvalue weighted by Gasteiger charge is -2.41. The van der Waals surface area contributed by atoms with Crippen LogP contribution in [0.2, 0.25) is 0 Å². The van der Waals surface area contributed by atoms with Crippen LogP contribution in [0.5, 0.6) is 0 Å². The van der Waals surface area contributed by atoms with Crippen LogP contribution in [0.1, 0.15) is 32.6 Å². The minimum Gasteiger partial charge on any atom is -0.392 e. The van der Waals surface area contributed by atoms with E-state index in [0.717, 1.165) is 51.9 Å². The topological polar surface area (TPSA) is 43.8 Å². The number of amides is 1. The van der Waals surface area contributed by atoms with Gasteiger partial charge in [-0.3, -0.25) is 9.69 Å². The highest BCUT2D eigenvalue weighted by Gasteiger charge is 2.28. The van der Waals surface area contributed by atoms with Gasteiger partial charge in [-0.1, -0.05) is 0 Å². The van der Waals surface area contributed by atoms with E-state index in [1.807, 2.05) is 4.90 Å². The number of carbonyl (C=O) groups is 1. The summed E-state index contributed by atoms with van der Waals surface area (Å²) in [4.78, 5) is 15.5. The highest BCUT2D eigenvalue weighted by molar-refractivity contribution is 5.73. The van der Waals surface area contributed by atoms with Crippen molar-refractivity contribution in [2.45, 2.75) is 44.8 Å². The SMILES string of the molecule is CC(=O)N1CCC(N2CCC[C@H](O)C2)CC1. The number of piperidine rings is 2. The lowest BCUT2D eigenvalue weighted by Crippen LogP contribution is -2.50. The van der Waals surface area contributed by atoms with Gasteiger partial charge >= 0.3 is 0 Å². The van der Waals surface area contributed by atoms with Crippen molar-refractivity contribution in [1.29, 1.82) is 0 Å². The number of nitrogens with zero attached hydrogens (tertiary/aromatic N) is 2. The van der Waals surface area contributed by atoms with Gasteiger partial charge in [-0.05, 0) is 32.2 Å². The quantitative estimate of drug-likeness (QED) is 0.706. The second-order valence-electron chi connectivity index (χ2n) is 5.03. The molecule has 4 nitrogen and oxygen atoms in total. The van der Waals surface area contributed by atoms with Gasteiger partial charge in [-0.2, -0.15) is 0 Å². The summed E-state index contributed by atoms with van der Waals surface area (Å²) in [5.41, 5.74) is 0. The van der Waals surface area contributed by atoms with Crippen molar-refractivity contribution in [1.82, 2.24) is 9.80 Å². The first-order chi connectivity index (χ1) is 7.66. The molecule has 2 aliphatic heterocycles. The number of likely N-dealkylation sites (tertiary alicyclic amines) is 2. The number of hydrogen-bond donors (Lipinski definition) is 1. The van der Waals surface area contributed by atoms with E-state index < -0.39 is 0 Å². The van der Waals surface area contributed by atoms with Crippen LogP contribution in [0.4, 0.5) is 0 Å². The summed E-state index contributed by atoms with van der Waals surface area (Å²) in [6.45, 7) is 5.34. The van der Waals surface area contributed by atoms with Crippen molar-refractivity contribution < 1.29 is 9.90 Å². The Labute approximate surface area is 97.2 Å². The summed E-state index contributed by atoms with van der Waals surface area (Å²) in [5.74, 6) is 0.192. The largest absolute Gasteiger partial charge is 0.392 e. The van der Waals surface area contributed by atoms with Crippen molar-refractivity contribution in [3.8, 4) is 0 Å². The second kappa shape index (κ2) is 5.15. The summed E-state index contributed by atoms with van der Waals surface area (Å²) >= 11 is 0. The molecule has 0 spiro atoms. The molecule has 0 unspecified atom stereocenters. The Morgan fingerprint density at radius 2 is 1.88 bits per heavy atom. The molecule has 0 bridgehead atoms. The Hall–Kier alpha value is -0.610. The number of carbonyl (C=O) groups excluding carboxylic acids is 1. The van der Waals surface area contributed by atoms with Gasteiger partial charge < -0.3 is 10.0 Å². The average molecular weight is 226 g/mol. The van der Waals surface area contributed by atoms with E-state index in [4.69, 9.17) is 0 Å². The molecule has 1 atom stereocenters. The van der Waals surface area contributed by atoms with Gasteiger partial charge in [0, 0.05) is 32.6 Å². The number of rotatable bonds is 1. The molecule has 0 aromatic carbocycles. The van der Waals surface area contributed by atoms with Crippen molar-refractivity contribution in [3.05, 3.63) is 0 Å². The van der Waals surface area contributed by atoms with Crippen molar-refractivity contribution in [2.75, 3.05) is 26.2 Å². The van der Waals surface area contributed by atoms with Crippen molar-refractivity contribution in [2.24, 2.45) is 0 Å². The fourth-order valence-corrected chi connectivity index (χ4v) is 2.86. The zero-order valence-corrected chi connectivity index (χ0v) is 10.1. The highest BCUT2D eigenvalue weighted by Crippen LogP contribution is 2.20. The molecule has 0 radical (unpaired) electrons. The summed E-state index contributed by atoms with van der Waals surface area (Å²) in [7, 11) is 0. The van der Waals surface area contributed by atoms with Crippen LogP contribution in [0.3, 0.4) is 0 Å². The second-order valence-corrected chi connectivity index (χ2v) is 5.03. The number of aliphatic hydroxyl groups excluding tert-OH is 1. The lowest BCUT2D eigenvalue weighted by atomic mass is 9.99. The van der Waals surface area contributed by atoms with E-state index >= 15 is 0 Å². The molecule has 1 N–H and O–H groups in total. The first kappa shape index (κ1) is 11.9. The van der Waals surface area contributed by atoms with Crippen LogP contribution >= 0.6 is 0 Å². The van der Waals surface area contributed by atoms with Gasteiger partial charge in [-0.15, -0.1) is 0 Å². The smallest absolute Gasteiger partial charge is 0.219 e. The number of aliphatic hydroxyl groups is 1. The van der Waals surface area contributed by atoms with E-state index in [1.165, 1.54) is 0 Å². The maximum atomic E-state index is 11.2. The van der Waals surface area contributed by atoms with Crippen molar-refractivity contribution >= 4 is 5.91 Å². The Morgan fingerprint density at radius 1 is 1.19 bits per heavy atom. The van der Waals surface area contributed by atoms with Crippen LogP contribution in [0, 0.1) is 0 Å². The molecular formula is C12H22N2O2. The van der Waals surface area contributed by atoms with Gasteiger partial charge in [0.15, 0.2) is 0 Å². The summed E-state index contributed by atoms with van der Waals surface area (Å²) < 4.78 is 0. The van der Waals surface area contributed by atoms with E-state index in [-0.39, 0.29) is 12.0 Å². The molecule has 92 valence electrons. The van der Waals surface area contributed by atoms with Crippen LogP contribution in [0.15, 0.2) is 0 Å². The number of β-amino-alcohol motifs (C(OH)–C–C–N with tert-alkyl or cyclic N) is 1. The predicted molar refractivity (Wildman–Crippen MR) is 62.1 cm³/mol. The summed E-state index contributed by atoms with van der Waals surface area (Å²) in [6.07, 6.45) is 4.04. The Morgan fingerprint density at radius 3 is 2.44 bits per heavy atom. The van der Waals surface area contributed by atoms with Gasteiger partial charge in [0.05, 0.1) is 6.10 Å². The highest BCUT2D eigenvalue weighted by atomic mass is 16.3. The minimum atomic E-state index is -0.139. The molecule has 0 aromatic rings. The molecule has 0 saturated carbocycles. The van der Waals surface area contributed by atoms with Crippen LogP contribution in [-0.2, 0) is 4.79 Å². The summed E-state index contributed by atoms with van der Waals surface area (Å²) in [6, 6.07) is 0.575. The van der Waals surface area contributed by atoms with Gasteiger partial charge in [0.25, 0.3) is 0 Å². The lowest BCUT2D eigenvalue weighted by molar-refractivity contribution is -0.130. The molecule has 2 aliphatic rings. The maximum absolute atomic E-state index is 11.2. The van der Waals surface area contributed by atoms with Crippen LogP contribution < -0.4 is 0 Å². The first-order valence-corrected chi connectivity index (χ1v) is 6.34. The van der Waals surface area contributed by atoms with E-state index in [9.17, 15) is 9.90 Å². The molecule has 16 heavy (non-hydrogen) atoms. The average Bonchev–Trinajstić information content (AvgIpc) is 2.29. The molecule has 2 rings (SSSR count). The molecule has 2 heterocycles. The Kier molecular flexibility index (Phi) is 3.82. The van der Waals surface area contributed by atoms with Crippen LogP contribution in [0.25, 0.3) is 0 Å². The van der Waals surface area contributed by atoms with Gasteiger partial charge in [0.1, 0.15) is 0 Å². The normalized spacial score (nSPS) is 29.4. The first-order valence-electron chi connectivity index (χ1n) is 6.34. The molecule has 2 saturated heterocycles. The Balaban J connectivity index is 1.81. The fourth-order valence-electron chi connectivity index (χ4n) is 2.86.